The molecule has 0 atom stereocenters. The highest BCUT2D eigenvalue weighted by Gasteiger charge is 2.03. The van der Waals surface area contributed by atoms with Crippen LogP contribution in [0.1, 0.15) is 11.4 Å². The van der Waals surface area contributed by atoms with Crippen LogP contribution in [0.2, 0.25) is 0 Å². The van der Waals surface area contributed by atoms with Crippen LogP contribution in [0.5, 0.6) is 5.75 Å². The number of anilines is 1. The van der Waals surface area contributed by atoms with E-state index < -0.39 is 0 Å². The average molecular weight is 267 g/mol. The second-order valence-corrected chi connectivity index (χ2v) is 4.71. The topological polar surface area (TPSA) is 38.6 Å². The van der Waals surface area contributed by atoms with Gasteiger partial charge in [0.25, 0.3) is 0 Å². The van der Waals surface area contributed by atoms with Crippen molar-refractivity contribution in [1.29, 1.82) is 0 Å². The number of hydrogen-bond donors (Lipinski definition) is 1. The summed E-state index contributed by atoms with van der Waals surface area (Å²) >= 11 is 0. The largest absolute Gasteiger partial charge is 0.497 e. The SMILES string of the molecule is COc1cccc(NCc2cn3c(C)cccc3n2)c1. The molecule has 0 unspecified atom stereocenters. The minimum atomic E-state index is 0.689. The predicted octanol–water partition coefficient (Wildman–Crippen LogP) is 3.26. The van der Waals surface area contributed by atoms with E-state index in [4.69, 9.17) is 4.74 Å². The Morgan fingerprint density at radius 3 is 2.85 bits per heavy atom. The number of aromatic nitrogens is 2. The molecule has 0 saturated carbocycles. The maximum atomic E-state index is 5.21. The van der Waals surface area contributed by atoms with Gasteiger partial charge in [-0.05, 0) is 31.2 Å². The van der Waals surface area contributed by atoms with Crippen LogP contribution >= 0.6 is 0 Å². The van der Waals surface area contributed by atoms with Crippen molar-refractivity contribution in [3.63, 3.8) is 0 Å². The number of rotatable bonds is 4. The molecule has 4 heteroatoms. The number of methoxy groups -OCH3 is 1. The number of hydrogen-bond acceptors (Lipinski definition) is 3. The Hall–Kier alpha value is -2.49. The van der Waals surface area contributed by atoms with Crippen LogP contribution in [0.3, 0.4) is 0 Å². The second kappa shape index (κ2) is 5.25. The van der Waals surface area contributed by atoms with E-state index in [0.717, 1.165) is 22.8 Å². The first-order valence-electron chi connectivity index (χ1n) is 6.58. The summed E-state index contributed by atoms with van der Waals surface area (Å²) in [5.74, 6) is 0.848. The van der Waals surface area contributed by atoms with Gasteiger partial charge in [0.15, 0.2) is 0 Å². The third-order valence-corrected chi connectivity index (χ3v) is 3.29. The van der Waals surface area contributed by atoms with Crippen LogP contribution in [-0.2, 0) is 6.54 Å². The molecule has 2 aromatic heterocycles. The number of ether oxygens (including phenoxy) is 1. The lowest BCUT2D eigenvalue weighted by Gasteiger charge is -2.06. The number of fused-ring (bicyclic) bond motifs is 1. The van der Waals surface area contributed by atoms with Gasteiger partial charge in [0.05, 0.1) is 19.3 Å². The van der Waals surface area contributed by atoms with Crippen molar-refractivity contribution >= 4 is 11.3 Å². The molecule has 1 N–H and O–H groups in total. The molecule has 0 radical (unpaired) electrons. The second-order valence-electron chi connectivity index (χ2n) is 4.71. The normalized spacial score (nSPS) is 10.7. The van der Waals surface area contributed by atoms with E-state index in [1.165, 1.54) is 5.69 Å². The molecule has 0 aliphatic rings. The number of nitrogens with one attached hydrogen (secondary N) is 1. The van der Waals surface area contributed by atoms with Gasteiger partial charge < -0.3 is 14.5 Å². The molecule has 0 fully saturated rings. The van der Waals surface area contributed by atoms with Crippen molar-refractivity contribution in [2.45, 2.75) is 13.5 Å². The molecular formula is C16H17N3O. The Morgan fingerprint density at radius 2 is 2.05 bits per heavy atom. The summed E-state index contributed by atoms with van der Waals surface area (Å²) in [7, 11) is 1.67. The fourth-order valence-corrected chi connectivity index (χ4v) is 2.21. The summed E-state index contributed by atoms with van der Waals surface area (Å²) in [5.41, 5.74) is 4.20. The maximum absolute atomic E-state index is 5.21. The minimum absolute atomic E-state index is 0.689. The third-order valence-electron chi connectivity index (χ3n) is 3.29. The first-order valence-corrected chi connectivity index (χ1v) is 6.58. The van der Waals surface area contributed by atoms with Gasteiger partial charge in [-0.1, -0.05) is 12.1 Å². The molecule has 1 aromatic carbocycles. The van der Waals surface area contributed by atoms with E-state index in [9.17, 15) is 0 Å². The summed E-state index contributed by atoms with van der Waals surface area (Å²) in [6, 6.07) is 14.0. The van der Waals surface area contributed by atoms with Crippen molar-refractivity contribution in [2.24, 2.45) is 0 Å². The lowest BCUT2D eigenvalue weighted by Crippen LogP contribution is -1.99. The molecule has 0 saturated heterocycles. The zero-order chi connectivity index (χ0) is 13.9. The fraction of sp³-hybridized carbons (Fsp3) is 0.188. The monoisotopic (exact) mass is 267 g/mol. The van der Waals surface area contributed by atoms with Crippen molar-refractivity contribution in [1.82, 2.24) is 9.38 Å². The van der Waals surface area contributed by atoms with Gasteiger partial charge in [0.2, 0.25) is 0 Å². The van der Waals surface area contributed by atoms with Crippen molar-refractivity contribution in [2.75, 3.05) is 12.4 Å². The van der Waals surface area contributed by atoms with Gasteiger partial charge in [0.1, 0.15) is 11.4 Å². The van der Waals surface area contributed by atoms with Crippen molar-refractivity contribution in [3.8, 4) is 5.75 Å². The van der Waals surface area contributed by atoms with Gasteiger partial charge >= 0.3 is 0 Å². The highest BCUT2D eigenvalue weighted by Crippen LogP contribution is 2.17. The zero-order valence-electron chi connectivity index (χ0n) is 11.6. The number of imidazole rings is 1. The van der Waals surface area contributed by atoms with Gasteiger partial charge in [-0.25, -0.2) is 4.98 Å². The van der Waals surface area contributed by atoms with Crippen LogP contribution in [0.4, 0.5) is 5.69 Å². The molecule has 20 heavy (non-hydrogen) atoms. The van der Waals surface area contributed by atoms with E-state index >= 15 is 0 Å². The number of nitrogens with zero attached hydrogens (tertiary/aromatic N) is 2. The molecular weight excluding hydrogens is 250 g/mol. The first kappa shape index (κ1) is 12.5. The molecule has 102 valence electrons. The summed E-state index contributed by atoms with van der Waals surface area (Å²) < 4.78 is 7.31. The zero-order valence-corrected chi connectivity index (χ0v) is 11.6. The van der Waals surface area contributed by atoms with Crippen molar-refractivity contribution < 1.29 is 4.74 Å². The molecule has 0 bridgehead atoms. The van der Waals surface area contributed by atoms with Crippen LogP contribution in [0.25, 0.3) is 5.65 Å². The van der Waals surface area contributed by atoms with Crippen LogP contribution in [0, 0.1) is 6.92 Å². The minimum Gasteiger partial charge on any atom is -0.497 e. The van der Waals surface area contributed by atoms with Crippen LogP contribution in [-0.4, -0.2) is 16.5 Å². The molecule has 3 aromatic rings. The number of aryl methyl sites for hydroxylation is 1. The standard InChI is InChI=1S/C16H17N3O/c1-12-5-3-8-16-18-14(11-19(12)16)10-17-13-6-4-7-15(9-13)20-2/h3-9,11,17H,10H2,1-2H3. The fourth-order valence-electron chi connectivity index (χ4n) is 2.21. The van der Waals surface area contributed by atoms with E-state index in [-0.39, 0.29) is 0 Å². The summed E-state index contributed by atoms with van der Waals surface area (Å²) in [6.45, 7) is 2.77. The Kier molecular flexibility index (Phi) is 3.29. The maximum Gasteiger partial charge on any atom is 0.137 e. The number of pyridine rings is 1. The number of benzene rings is 1. The Morgan fingerprint density at radius 1 is 1.20 bits per heavy atom. The predicted molar refractivity (Wildman–Crippen MR) is 80.2 cm³/mol. The summed E-state index contributed by atoms with van der Waals surface area (Å²) in [6.07, 6.45) is 2.07. The quantitative estimate of drug-likeness (QED) is 0.788. The highest BCUT2D eigenvalue weighted by atomic mass is 16.5. The van der Waals surface area contributed by atoms with E-state index in [2.05, 4.69) is 33.9 Å². The van der Waals surface area contributed by atoms with Gasteiger partial charge in [-0.3, -0.25) is 0 Å². The Balaban J connectivity index is 1.78. The molecule has 0 spiro atoms. The lowest BCUT2D eigenvalue weighted by atomic mass is 10.3. The molecule has 0 amide bonds. The smallest absolute Gasteiger partial charge is 0.137 e. The van der Waals surface area contributed by atoms with Gasteiger partial charge in [0, 0.05) is 23.6 Å². The Labute approximate surface area is 118 Å². The molecule has 2 heterocycles. The average Bonchev–Trinajstić information content (AvgIpc) is 2.90. The van der Waals surface area contributed by atoms with Gasteiger partial charge in [-0.15, -0.1) is 0 Å². The van der Waals surface area contributed by atoms with E-state index in [1.54, 1.807) is 7.11 Å². The van der Waals surface area contributed by atoms with Crippen molar-refractivity contribution in [3.05, 3.63) is 60.0 Å². The molecule has 0 aliphatic heterocycles. The van der Waals surface area contributed by atoms with Crippen LogP contribution in [0.15, 0.2) is 48.7 Å². The molecule has 3 rings (SSSR count). The summed E-state index contributed by atoms with van der Waals surface area (Å²) in [4.78, 5) is 4.60. The first-order chi connectivity index (χ1) is 9.76. The summed E-state index contributed by atoms with van der Waals surface area (Å²) in [5, 5.41) is 3.36. The van der Waals surface area contributed by atoms with E-state index in [1.807, 2.05) is 36.4 Å². The highest BCUT2D eigenvalue weighted by molar-refractivity contribution is 5.49. The van der Waals surface area contributed by atoms with Gasteiger partial charge in [-0.2, -0.15) is 0 Å². The third kappa shape index (κ3) is 2.45. The Bertz CT molecular complexity index is 733. The molecule has 0 aliphatic carbocycles. The van der Waals surface area contributed by atoms with E-state index in [0.29, 0.717) is 6.54 Å². The van der Waals surface area contributed by atoms with Crippen LogP contribution < -0.4 is 10.1 Å². The molecule has 4 nitrogen and oxygen atoms in total. The lowest BCUT2D eigenvalue weighted by molar-refractivity contribution is 0.415.